The minimum absolute atomic E-state index is 0. The molecule has 5 rings (SSSR count). The molecule has 8 atom stereocenters. The predicted octanol–water partition coefficient (Wildman–Crippen LogP) is -0.862. The fourth-order valence-corrected chi connectivity index (χ4v) is 9.98. The quantitative estimate of drug-likeness (QED) is 0.0849. The average molecular weight is 908 g/mol. The van der Waals surface area contributed by atoms with Crippen LogP contribution in [-0.4, -0.2) is 118 Å². The van der Waals surface area contributed by atoms with Crippen LogP contribution < -0.4 is 72.0 Å². The van der Waals surface area contributed by atoms with Gasteiger partial charge in [0.25, 0.3) is 0 Å². The van der Waals surface area contributed by atoms with Crippen molar-refractivity contribution >= 4 is 37.6 Å². The molecule has 0 bridgehead atoms. The number of sulfone groups is 1. The van der Waals surface area contributed by atoms with Crippen LogP contribution in [0.25, 0.3) is 0 Å². The second-order valence-corrected chi connectivity index (χ2v) is 17.7. The van der Waals surface area contributed by atoms with Crippen molar-refractivity contribution in [1.82, 2.24) is 5.32 Å². The first-order valence-electron chi connectivity index (χ1n) is 19.2. The Morgan fingerprint density at radius 2 is 1.67 bits per heavy atom. The molecular weight excluding hydrogens is 850 g/mol. The second kappa shape index (κ2) is 24.1. The molecule has 2 amide bonds. The van der Waals surface area contributed by atoms with E-state index in [2.05, 4.69) is 14.8 Å². The van der Waals surface area contributed by atoms with E-state index in [1.54, 1.807) is 79.7 Å². The largest absolute Gasteiger partial charge is 1.00 e. The van der Waals surface area contributed by atoms with Crippen LogP contribution in [0.1, 0.15) is 69.1 Å². The van der Waals surface area contributed by atoms with Crippen LogP contribution in [-0.2, 0) is 40.5 Å². The van der Waals surface area contributed by atoms with Gasteiger partial charge in [-0.05, 0) is 59.9 Å². The molecule has 1 saturated heterocycles. The summed E-state index contributed by atoms with van der Waals surface area (Å²) in [5.41, 5.74) is 1.78. The summed E-state index contributed by atoms with van der Waals surface area (Å²) in [4.78, 5) is 15.5. The fraction of sp³-hybridized carbons (Fsp3) is 0.525. The summed E-state index contributed by atoms with van der Waals surface area (Å²) in [6.07, 6.45) is -6.32. The normalized spacial score (nSPS) is 25.7. The summed E-state index contributed by atoms with van der Waals surface area (Å²) < 4.78 is 75.7. The van der Waals surface area contributed by atoms with Gasteiger partial charge >= 0.3 is 67.8 Å². The molecule has 60 heavy (non-hydrogen) atoms. The van der Waals surface area contributed by atoms with Crippen molar-refractivity contribution < 1.29 is 117 Å². The zero-order chi connectivity index (χ0) is 42.8. The Hall–Kier alpha value is -2.09. The first-order chi connectivity index (χ1) is 27.4. The number of urea groups is 1. The Bertz CT molecular complexity index is 2030. The second-order valence-electron chi connectivity index (χ2n) is 14.7. The van der Waals surface area contributed by atoms with Crippen molar-refractivity contribution in [3.8, 4) is 0 Å². The van der Waals surface area contributed by atoms with E-state index < -0.39 is 81.0 Å². The summed E-state index contributed by atoms with van der Waals surface area (Å²) in [6, 6.07) is 19.8. The van der Waals surface area contributed by atoms with Crippen LogP contribution >= 0.6 is 0 Å². The number of amides is 2. The van der Waals surface area contributed by atoms with Crippen molar-refractivity contribution in [3.63, 3.8) is 0 Å². The third-order valence-corrected chi connectivity index (χ3v) is 12.9. The smallest absolute Gasteiger partial charge is 0.855 e. The molecule has 1 unspecified atom stereocenters. The van der Waals surface area contributed by atoms with Gasteiger partial charge in [0.15, 0.2) is 16.1 Å². The van der Waals surface area contributed by atoms with Gasteiger partial charge in [-0.1, -0.05) is 76.1 Å². The van der Waals surface area contributed by atoms with Gasteiger partial charge in [0.2, 0.25) is 0 Å². The van der Waals surface area contributed by atoms with Crippen LogP contribution in [0.5, 0.6) is 0 Å². The number of carbonyl (C=O) groups is 1. The van der Waals surface area contributed by atoms with Gasteiger partial charge < -0.3 is 50.9 Å². The maximum Gasteiger partial charge on any atom is 1.00 e. The molecule has 0 radical (unpaired) electrons. The standard InChI is InChI=1S/C38H51N3O12S2.C2H5O.K.H2O/c1-5-7-18-38(6-2)23-54(46,47)30-17-16-27(41(3)4)20-28(30)31(35(38)44)25-14-11-15-26(19-25)39-37(45)40-36-33(43)34(51-21-24-12-9-8-10-13-24)32(42)29(53-36)22-52-55(48,49)50;1-2-3;;/h8-17,19-20,29,31-36,42-44H,5-7,18,21-23H2,1-4H3,(H2,39,40,45)(H,48,49,50);2H2,1H3;;1H2/q;-1;+1;/t29-,31-,32-,33-,34?,35-,36-,38-;;;/m1.../s1. The number of fused-ring (bicyclic) bond motifs is 1. The molecule has 0 aromatic heterocycles. The van der Waals surface area contributed by atoms with E-state index >= 15 is 0 Å². The van der Waals surface area contributed by atoms with Crippen LogP contribution in [0.3, 0.4) is 0 Å². The first kappa shape index (κ1) is 54.0. The number of unbranched alkanes of at least 4 members (excludes halogenated alkanes) is 1. The Balaban J connectivity index is 0.00000241. The Labute approximate surface area is 395 Å². The first-order valence-corrected chi connectivity index (χ1v) is 22.2. The summed E-state index contributed by atoms with van der Waals surface area (Å²) >= 11 is 0. The number of ether oxygens (including phenoxy) is 2. The van der Waals surface area contributed by atoms with Crippen molar-refractivity contribution in [3.05, 3.63) is 89.5 Å². The molecule has 2 aliphatic heterocycles. The number of anilines is 2. The number of nitrogens with zero attached hydrogens (tertiary/aromatic N) is 1. The number of hydrogen-bond acceptors (Lipinski definition) is 13. The molecule has 8 N–H and O–H groups in total. The fourth-order valence-electron chi connectivity index (χ4n) is 7.42. The molecule has 17 nitrogen and oxygen atoms in total. The van der Waals surface area contributed by atoms with E-state index in [0.29, 0.717) is 29.5 Å². The van der Waals surface area contributed by atoms with Gasteiger partial charge in [-0.3, -0.25) is 4.55 Å². The van der Waals surface area contributed by atoms with E-state index in [4.69, 9.17) is 19.1 Å². The zero-order valence-corrected chi connectivity index (χ0v) is 39.6. The maximum absolute atomic E-state index is 14.0. The SMILES string of the molecule is CCCC[C@]1(CC)CS(=O)(=O)c2ccc(N(C)C)cc2[C@@H](c2cccc(NC(=O)N[C@@H]3O[C@H](COS(=O)(=O)O)[C@@H](O)C(OCc4ccccc4)[C@H]3O)c2)[C@H]1O.CC[O-].O.[K+]. The van der Waals surface area contributed by atoms with Gasteiger partial charge in [-0.15, -0.1) is 6.61 Å². The molecule has 0 saturated carbocycles. The van der Waals surface area contributed by atoms with Crippen LogP contribution in [0.4, 0.5) is 16.2 Å². The van der Waals surface area contributed by atoms with Crippen molar-refractivity contribution in [2.45, 2.75) is 101 Å². The Morgan fingerprint density at radius 1 is 1.00 bits per heavy atom. The number of nitrogens with one attached hydrogen (secondary N) is 2. The summed E-state index contributed by atoms with van der Waals surface area (Å²) in [6.45, 7) is 4.57. The van der Waals surface area contributed by atoms with E-state index in [1.807, 2.05) is 32.8 Å². The van der Waals surface area contributed by atoms with Crippen molar-refractivity contribution in [1.29, 1.82) is 0 Å². The third kappa shape index (κ3) is 14.0. The molecule has 3 aromatic carbocycles. The Morgan fingerprint density at radius 3 is 2.27 bits per heavy atom. The minimum atomic E-state index is -4.93. The molecule has 2 heterocycles. The average Bonchev–Trinajstić information content (AvgIpc) is 3.24. The molecule has 1 fully saturated rings. The molecule has 0 spiro atoms. The van der Waals surface area contributed by atoms with Crippen molar-refractivity contribution in [2.24, 2.45) is 5.41 Å². The van der Waals surface area contributed by atoms with Crippen LogP contribution in [0, 0.1) is 5.41 Å². The maximum atomic E-state index is 14.0. The number of aliphatic hydroxyl groups is 3. The number of carbonyl (C=O) groups excluding carboxylic acids is 1. The summed E-state index contributed by atoms with van der Waals surface area (Å²) in [7, 11) is -5.07. The van der Waals surface area contributed by atoms with Gasteiger partial charge in [-0.2, -0.15) is 8.42 Å². The van der Waals surface area contributed by atoms with E-state index in [0.717, 1.165) is 18.5 Å². The topological polar surface area (TPSA) is 276 Å². The van der Waals surface area contributed by atoms with Crippen LogP contribution in [0.2, 0.25) is 0 Å². The van der Waals surface area contributed by atoms with E-state index in [-0.39, 0.29) is 86.4 Å². The summed E-state index contributed by atoms with van der Waals surface area (Å²) in [5.74, 6) is -1.00. The minimum Gasteiger partial charge on any atom is -0.855 e. The zero-order valence-electron chi connectivity index (χ0n) is 34.9. The monoisotopic (exact) mass is 907 g/mol. The number of benzene rings is 3. The molecular formula is C40H58KN3O14S2. The molecule has 20 heteroatoms. The van der Waals surface area contributed by atoms with Gasteiger partial charge in [0.05, 0.1) is 30.0 Å². The van der Waals surface area contributed by atoms with E-state index in [1.165, 1.54) is 0 Å². The number of aliphatic hydroxyl groups excluding tert-OH is 3. The Kier molecular flexibility index (Phi) is 21.7. The third-order valence-electron chi connectivity index (χ3n) is 10.5. The molecule has 330 valence electrons. The van der Waals surface area contributed by atoms with Gasteiger partial charge in [-0.25, -0.2) is 17.4 Å². The number of rotatable bonds is 14. The molecule has 2 aliphatic rings. The van der Waals surface area contributed by atoms with E-state index in [9.17, 15) is 36.9 Å². The molecule has 3 aromatic rings. The summed E-state index contributed by atoms with van der Waals surface area (Å²) in [5, 5.41) is 48.6. The number of hydrogen-bond donors (Lipinski definition) is 6. The van der Waals surface area contributed by atoms with Gasteiger partial charge in [0.1, 0.15) is 24.4 Å². The molecule has 0 aliphatic carbocycles. The van der Waals surface area contributed by atoms with Gasteiger partial charge in [0, 0.05) is 36.8 Å². The van der Waals surface area contributed by atoms with Crippen molar-refractivity contribution in [2.75, 3.05) is 43.3 Å². The van der Waals surface area contributed by atoms with Crippen LogP contribution in [0.15, 0.2) is 77.7 Å². The predicted molar refractivity (Wildman–Crippen MR) is 219 cm³/mol.